The lowest BCUT2D eigenvalue weighted by Crippen LogP contribution is -2.39. The fourth-order valence-electron chi connectivity index (χ4n) is 3.88. The predicted molar refractivity (Wildman–Crippen MR) is 118 cm³/mol. The van der Waals surface area contributed by atoms with Gasteiger partial charge < -0.3 is 19.5 Å². The van der Waals surface area contributed by atoms with Crippen LogP contribution in [0.2, 0.25) is 0 Å². The Morgan fingerprint density at radius 2 is 1.93 bits per heavy atom. The summed E-state index contributed by atoms with van der Waals surface area (Å²) in [5.74, 6) is 0.926. The van der Waals surface area contributed by atoms with Crippen molar-refractivity contribution in [1.29, 1.82) is 0 Å². The summed E-state index contributed by atoms with van der Waals surface area (Å²) in [5.41, 5.74) is 2.94. The monoisotopic (exact) mass is 414 g/mol. The van der Waals surface area contributed by atoms with Gasteiger partial charge in [-0.25, -0.2) is 9.78 Å². The van der Waals surface area contributed by atoms with Crippen LogP contribution in [0.15, 0.2) is 24.3 Å². The molecule has 1 heterocycles. The molecular weight excluding hydrogens is 380 g/mol. The van der Waals surface area contributed by atoms with Gasteiger partial charge in [0.2, 0.25) is 0 Å². The summed E-state index contributed by atoms with van der Waals surface area (Å²) in [6.45, 7) is 7.63. The second-order valence-electron chi connectivity index (χ2n) is 7.88. The van der Waals surface area contributed by atoms with Crippen molar-refractivity contribution in [3.63, 3.8) is 0 Å². The van der Waals surface area contributed by atoms with Gasteiger partial charge in [-0.2, -0.15) is 0 Å². The largest absolute Gasteiger partial charge is 0.493 e. The van der Waals surface area contributed by atoms with E-state index in [1.165, 1.54) is 0 Å². The smallest absolute Gasteiger partial charge is 0.407 e. The second kappa shape index (κ2) is 11.2. The molecule has 6 heteroatoms. The highest BCUT2D eigenvalue weighted by atomic mass is 16.5. The van der Waals surface area contributed by atoms with Crippen LogP contribution in [0.4, 0.5) is 4.79 Å². The number of ether oxygens (including phenoxy) is 3. The molecule has 3 rings (SSSR count). The average Bonchev–Trinajstić information content (AvgIpc) is 2.75. The number of amides is 1. The predicted octanol–water partition coefficient (Wildman–Crippen LogP) is 5.30. The van der Waals surface area contributed by atoms with E-state index in [2.05, 4.69) is 25.2 Å². The molecule has 1 N–H and O–H groups in total. The Labute approximate surface area is 179 Å². The minimum atomic E-state index is -0.326. The van der Waals surface area contributed by atoms with Gasteiger partial charge in [0.25, 0.3) is 0 Å². The number of nitrogens with one attached hydrogen (secondary N) is 1. The van der Waals surface area contributed by atoms with E-state index in [1.54, 1.807) is 0 Å². The third kappa shape index (κ3) is 5.85. The molecule has 1 aliphatic carbocycles. The van der Waals surface area contributed by atoms with E-state index in [0.717, 1.165) is 66.4 Å². The maximum absolute atomic E-state index is 11.6. The molecule has 1 saturated carbocycles. The Morgan fingerprint density at radius 3 is 2.67 bits per heavy atom. The summed E-state index contributed by atoms with van der Waals surface area (Å²) in [6.07, 6.45) is 5.64. The summed E-state index contributed by atoms with van der Waals surface area (Å²) in [5, 5.41) is 3.99. The first-order chi connectivity index (χ1) is 14.6. The average molecular weight is 415 g/mol. The first-order valence-corrected chi connectivity index (χ1v) is 11.2. The highest BCUT2D eigenvalue weighted by Crippen LogP contribution is 2.31. The highest BCUT2D eigenvalue weighted by Gasteiger charge is 2.24. The number of unbranched alkanes of at least 4 members (excludes halogenated alkanes) is 1. The second-order valence-corrected chi connectivity index (χ2v) is 7.88. The van der Waals surface area contributed by atoms with Crippen molar-refractivity contribution in [2.45, 2.75) is 78.0 Å². The first kappa shape index (κ1) is 22.3. The van der Waals surface area contributed by atoms with Gasteiger partial charge >= 0.3 is 6.09 Å². The van der Waals surface area contributed by atoms with Crippen LogP contribution in [0.3, 0.4) is 0 Å². The first-order valence-electron chi connectivity index (χ1n) is 11.2. The van der Waals surface area contributed by atoms with Crippen LogP contribution >= 0.6 is 0 Å². The van der Waals surface area contributed by atoms with E-state index in [0.29, 0.717) is 19.8 Å². The lowest BCUT2D eigenvalue weighted by atomic mass is 9.93. The normalized spacial score (nSPS) is 18.9. The zero-order chi connectivity index (χ0) is 21.3. The van der Waals surface area contributed by atoms with Crippen molar-refractivity contribution in [3.8, 4) is 5.75 Å². The number of carbonyl (C=O) groups is 1. The van der Waals surface area contributed by atoms with E-state index in [-0.39, 0.29) is 18.2 Å². The topological polar surface area (TPSA) is 69.7 Å². The van der Waals surface area contributed by atoms with Gasteiger partial charge in [0, 0.05) is 17.0 Å². The van der Waals surface area contributed by atoms with E-state index in [1.807, 2.05) is 25.1 Å². The van der Waals surface area contributed by atoms with Crippen LogP contribution in [0.25, 0.3) is 10.9 Å². The molecule has 0 atom stereocenters. The Morgan fingerprint density at radius 1 is 1.17 bits per heavy atom. The lowest BCUT2D eigenvalue weighted by Gasteiger charge is -2.29. The van der Waals surface area contributed by atoms with Crippen molar-refractivity contribution in [3.05, 3.63) is 35.5 Å². The summed E-state index contributed by atoms with van der Waals surface area (Å²) in [6, 6.07) is 8.29. The van der Waals surface area contributed by atoms with Gasteiger partial charge in [-0.05, 0) is 58.1 Å². The van der Waals surface area contributed by atoms with Gasteiger partial charge in [-0.3, -0.25) is 0 Å². The molecule has 0 radical (unpaired) electrons. The van der Waals surface area contributed by atoms with Crippen LogP contribution in [0.5, 0.6) is 5.75 Å². The Kier molecular flexibility index (Phi) is 8.31. The molecule has 0 spiro atoms. The molecule has 1 aliphatic rings. The zero-order valence-corrected chi connectivity index (χ0v) is 18.4. The number of aromatic nitrogens is 1. The van der Waals surface area contributed by atoms with Gasteiger partial charge in [-0.1, -0.05) is 25.5 Å². The van der Waals surface area contributed by atoms with E-state index in [4.69, 9.17) is 19.2 Å². The number of pyridine rings is 1. The molecular formula is C24H34N2O4. The molecule has 1 aromatic heterocycles. The molecule has 6 nitrogen and oxygen atoms in total. The van der Waals surface area contributed by atoms with Crippen LogP contribution in [0, 0.1) is 6.92 Å². The maximum atomic E-state index is 11.6. The number of fused-ring (bicyclic) bond motifs is 1. The van der Waals surface area contributed by atoms with Crippen molar-refractivity contribution in [2.75, 3.05) is 13.2 Å². The Bertz CT molecular complexity index is 831. The van der Waals surface area contributed by atoms with Crippen LogP contribution in [-0.4, -0.2) is 36.4 Å². The van der Waals surface area contributed by atoms with Crippen LogP contribution < -0.4 is 10.1 Å². The summed E-state index contributed by atoms with van der Waals surface area (Å²) in [4.78, 5) is 16.4. The van der Waals surface area contributed by atoms with Crippen molar-refractivity contribution >= 4 is 17.0 Å². The Balaban J connectivity index is 1.61. The highest BCUT2D eigenvalue weighted by molar-refractivity contribution is 5.86. The third-order valence-electron chi connectivity index (χ3n) is 5.65. The minimum Gasteiger partial charge on any atom is -0.493 e. The quantitative estimate of drug-likeness (QED) is 0.564. The molecule has 1 aromatic carbocycles. The molecule has 0 saturated heterocycles. The van der Waals surface area contributed by atoms with E-state index in [9.17, 15) is 4.79 Å². The Hall–Kier alpha value is -2.34. The number of para-hydroxylation sites is 1. The molecule has 164 valence electrons. The molecule has 30 heavy (non-hydrogen) atoms. The third-order valence-corrected chi connectivity index (χ3v) is 5.65. The van der Waals surface area contributed by atoms with Crippen LogP contribution in [-0.2, 0) is 16.1 Å². The molecule has 0 unspecified atom stereocenters. The van der Waals surface area contributed by atoms with Crippen molar-refractivity contribution in [1.82, 2.24) is 10.3 Å². The summed E-state index contributed by atoms with van der Waals surface area (Å²) in [7, 11) is 0. The number of alkyl carbamates (subject to hydrolysis) is 1. The van der Waals surface area contributed by atoms with E-state index >= 15 is 0 Å². The molecule has 0 bridgehead atoms. The van der Waals surface area contributed by atoms with E-state index < -0.39 is 0 Å². The SMILES string of the molecule is CCCCOc1c(C)c(CO[C@H]2CC[C@H](NC(=O)OCC)CC2)nc2ccccc12. The molecule has 1 fully saturated rings. The van der Waals surface area contributed by atoms with Gasteiger partial charge in [0.05, 0.1) is 37.1 Å². The van der Waals surface area contributed by atoms with Gasteiger partial charge in [0.15, 0.2) is 0 Å². The fraction of sp³-hybridized carbons (Fsp3) is 0.583. The lowest BCUT2D eigenvalue weighted by molar-refractivity contribution is 0.00941. The van der Waals surface area contributed by atoms with Crippen molar-refractivity contribution in [2.24, 2.45) is 0 Å². The number of hydrogen-bond acceptors (Lipinski definition) is 5. The maximum Gasteiger partial charge on any atom is 0.407 e. The number of carbonyl (C=O) groups excluding carboxylic acids is 1. The summed E-state index contributed by atoms with van der Waals surface area (Å²) >= 11 is 0. The van der Waals surface area contributed by atoms with Crippen molar-refractivity contribution < 1.29 is 19.0 Å². The molecule has 2 aromatic rings. The standard InChI is InChI=1S/C24H34N2O4/c1-4-6-15-29-23-17(3)22(26-21-10-8-7-9-20(21)23)16-30-19-13-11-18(12-14-19)25-24(27)28-5-2/h7-10,18-19H,4-6,11-16H2,1-3H3,(H,25,27)/t18-,19-. The fourth-order valence-corrected chi connectivity index (χ4v) is 3.88. The van der Waals surface area contributed by atoms with Crippen LogP contribution in [0.1, 0.15) is 63.6 Å². The number of benzene rings is 1. The minimum absolute atomic E-state index is 0.169. The molecule has 0 aliphatic heterocycles. The van der Waals surface area contributed by atoms with Gasteiger partial charge in [-0.15, -0.1) is 0 Å². The summed E-state index contributed by atoms with van der Waals surface area (Å²) < 4.78 is 17.3. The molecule has 1 amide bonds. The number of nitrogens with zero attached hydrogens (tertiary/aromatic N) is 1. The number of hydrogen-bond donors (Lipinski definition) is 1. The number of rotatable bonds is 9. The zero-order valence-electron chi connectivity index (χ0n) is 18.4. The van der Waals surface area contributed by atoms with Gasteiger partial charge in [0.1, 0.15) is 5.75 Å².